The summed E-state index contributed by atoms with van der Waals surface area (Å²) < 4.78 is 5.55. The van der Waals surface area contributed by atoms with Crippen LogP contribution in [0.2, 0.25) is 0 Å². The summed E-state index contributed by atoms with van der Waals surface area (Å²) in [4.78, 5) is 18.3. The fourth-order valence-electron chi connectivity index (χ4n) is 2.02. The number of amides is 1. The van der Waals surface area contributed by atoms with Gasteiger partial charge < -0.3 is 15.1 Å². The number of nitrogens with two attached hydrogens (primary N) is 1. The van der Waals surface area contributed by atoms with Crippen LogP contribution >= 0.6 is 11.3 Å². The number of carbonyl (C=O) groups is 1. The largest absolute Gasteiger partial charge is 0.464 e. The molecule has 1 aliphatic carbocycles. The fourth-order valence-corrected chi connectivity index (χ4v) is 2.56. The summed E-state index contributed by atoms with van der Waals surface area (Å²) in [6, 6.07) is 4.12. The number of nitrogen functional groups attached to an aromatic ring is 1. The average Bonchev–Trinajstić information content (AvgIpc) is 3.00. The van der Waals surface area contributed by atoms with Crippen LogP contribution in [0.4, 0.5) is 5.13 Å². The monoisotopic (exact) mass is 277 g/mol. The highest BCUT2D eigenvalue weighted by atomic mass is 32.1. The van der Waals surface area contributed by atoms with Crippen molar-refractivity contribution in [3.63, 3.8) is 0 Å². The fraction of sp³-hybridized carbons (Fsp3) is 0.385. The Hall–Kier alpha value is -1.82. The maximum atomic E-state index is 12.4. The number of carbonyl (C=O) groups excluding carboxylic acids is 1. The van der Waals surface area contributed by atoms with Crippen LogP contribution in [-0.2, 0) is 6.54 Å². The van der Waals surface area contributed by atoms with Crippen molar-refractivity contribution in [2.24, 2.45) is 0 Å². The minimum Gasteiger partial charge on any atom is -0.464 e. The Kier molecular flexibility index (Phi) is 3.02. The van der Waals surface area contributed by atoms with Crippen molar-refractivity contribution < 1.29 is 9.21 Å². The summed E-state index contributed by atoms with van der Waals surface area (Å²) >= 11 is 1.29. The van der Waals surface area contributed by atoms with E-state index in [9.17, 15) is 4.79 Å². The van der Waals surface area contributed by atoms with Gasteiger partial charge in [-0.3, -0.25) is 4.79 Å². The molecular formula is C13H15N3O2S. The van der Waals surface area contributed by atoms with Gasteiger partial charge in [-0.1, -0.05) is 0 Å². The Bertz CT molecular complexity index is 601. The average molecular weight is 277 g/mol. The van der Waals surface area contributed by atoms with Crippen molar-refractivity contribution in [1.82, 2.24) is 9.88 Å². The SMILES string of the molecule is Cc1ccc(CN(C(=O)c2csc(N)n2)C2CC2)o1. The quantitative estimate of drug-likeness (QED) is 0.931. The minimum absolute atomic E-state index is 0.0653. The standard InChI is InChI=1S/C13H15N3O2S/c1-8-2-5-10(18-8)6-16(9-3-4-9)12(17)11-7-19-13(14)15-11/h2,5,7,9H,3-4,6H2,1H3,(H2,14,15). The number of aromatic nitrogens is 1. The zero-order valence-corrected chi connectivity index (χ0v) is 11.4. The number of furan rings is 1. The first kappa shape index (κ1) is 12.2. The smallest absolute Gasteiger partial charge is 0.274 e. The Morgan fingerprint density at radius 3 is 2.89 bits per heavy atom. The topological polar surface area (TPSA) is 72.4 Å². The highest BCUT2D eigenvalue weighted by molar-refractivity contribution is 7.13. The first-order chi connectivity index (χ1) is 9.13. The van der Waals surface area contributed by atoms with E-state index in [4.69, 9.17) is 10.2 Å². The minimum atomic E-state index is -0.0653. The van der Waals surface area contributed by atoms with Crippen molar-refractivity contribution >= 4 is 22.4 Å². The molecule has 2 N–H and O–H groups in total. The molecule has 1 fully saturated rings. The van der Waals surface area contributed by atoms with E-state index in [-0.39, 0.29) is 5.91 Å². The Balaban J connectivity index is 1.79. The highest BCUT2D eigenvalue weighted by Crippen LogP contribution is 2.30. The lowest BCUT2D eigenvalue weighted by Gasteiger charge is -2.20. The Morgan fingerprint density at radius 2 is 2.37 bits per heavy atom. The molecule has 0 spiro atoms. The van der Waals surface area contributed by atoms with Crippen molar-refractivity contribution in [1.29, 1.82) is 0 Å². The second-order valence-corrected chi connectivity index (χ2v) is 5.64. The Morgan fingerprint density at radius 1 is 1.58 bits per heavy atom. The lowest BCUT2D eigenvalue weighted by molar-refractivity contribution is 0.0712. The van der Waals surface area contributed by atoms with E-state index in [0.717, 1.165) is 24.4 Å². The van der Waals surface area contributed by atoms with Gasteiger partial charge in [-0.2, -0.15) is 0 Å². The summed E-state index contributed by atoms with van der Waals surface area (Å²) in [5.74, 6) is 1.60. The van der Waals surface area contributed by atoms with Crippen LogP contribution in [0.15, 0.2) is 21.9 Å². The van der Waals surface area contributed by atoms with Gasteiger partial charge in [0.25, 0.3) is 5.91 Å². The molecule has 3 rings (SSSR count). The molecule has 2 heterocycles. The number of aryl methyl sites for hydroxylation is 1. The predicted molar refractivity (Wildman–Crippen MR) is 72.9 cm³/mol. The third-order valence-electron chi connectivity index (χ3n) is 3.11. The lowest BCUT2D eigenvalue weighted by atomic mass is 10.3. The van der Waals surface area contributed by atoms with Crippen LogP contribution in [-0.4, -0.2) is 21.8 Å². The molecule has 0 atom stereocenters. The van der Waals surface area contributed by atoms with Gasteiger partial charge in [0.2, 0.25) is 0 Å². The molecule has 2 aromatic rings. The van der Waals surface area contributed by atoms with Gasteiger partial charge in [0.15, 0.2) is 5.13 Å². The predicted octanol–water partition coefficient (Wildman–Crippen LogP) is 2.43. The summed E-state index contributed by atoms with van der Waals surface area (Å²) in [5.41, 5.74) is 6.01. The molecule has 0 aliphatic heterocycles. The van der Waals surface area contributed by atoms with E-state index in [1.54, 1.807) is 5.38 Å². The van der Waals surface area contributed by atoms with E-state index in [2.05, 4.69) is 4.98 Å². The maximum absolute atomic E-state index is 12.4. The number of nitrogens with zero attached hydrogens (tertiary/aromatic N) is 2. The zero-order valence-electron chi connectivity index (χ0n) is 10.6. The van der Waals surface area contributed by atoms with Crippen molar-refractivity contribution in [2.45, 2.75) is 32.4 Å². The molecule has 100 valence electrons. The molecule has 1 amide bonds. The third-order valence-corrected chi connectivity index (χ3v) is 3.79. The Labute approximate surface area is 115 Å². The number of thiazole rings is 1. The number of rotatable bonds is 4. The van der Waals surface area contributed by atoms with Crippen molar-refractivity contribution in [3.05, 3.63) is 34.7 Å². The van der Waals surface area contributed by atoms with Crippen LogP contribution in [0.1, 0.15) is 34.9 Å². The molecule has 2 aromatic heterocycles. The van der Waals surface area contributed by atoms with E-state index in [1.807, 2.05) is 24.0 Å². The van der Waals surface area contributed by atoms with E-state index >= 15 is 0 Å². The number of hydrogen-bond donors (Lipinski definition) is 1. The number of anilines is 1. The molecule has 0 aromatic carbocycles. The summed E-state index contributed by atoms with van der Waals surface area (Å²) in [5, 5.41) is 2.13. The molecule has 0 unspecified atom stereocenters. The zero-order chi connectivity index (χ0) is 13.4. The molecule has 1 saturated carbocycles. The van der Waals surface area contributed by atoms with Gasteiger partial charge in [-0.25, -0.2) is 4.98 Å². The summed E-state index contributed by atoms with van der Waals surface area (Å²) in [7, 11) is 0. The van der Waals surface area contributed by atoms with Crippen molar-refractivity contribution in [2.75, 3.05) is 5.73 Å². The molecule has 0 radical (unpaired) electrons. The molecule has 0 saturated heterocycles. The maximum Gasteiger partial charge on any atom is 0.274 e. The molecule has 1 aliphatic rings. The molecule has 19 heavy (non-hydrogen) atoms. The first-order valence-corrected chi connectivity index (χ1v) is 7.09. The van der Waals surface area contributed by atoms with E-state index in [0.29, 0.717) is 23.4 Å². The summed E-state index contributed by atoms with van der Waals surface area (Å²) in [6.45, 7) is 2.39. The van der Waals surface area contributed by atoms with Gasteiger partial charge in [-0.15, -0.1) is 11.3 Å². The molecule has 6 heteroatoms. The van der Waals surface area contributed by atoms with Crippen molar-refractivity contribution in [3.8, 4) is 0 Å². The second kappa shape index (κ2) is 4.70. The molecule has 5 nitrogen and oxygen atoms in total. The van der Waals surface area contributed by atoms with E-state index in [1.165, 1.54) is 11.3 Å². The normalized spacial score (nSPS) is 14.6. The van der Waals surface area contributed by atoms with Crippen LogP contribution < -0.4 is 5.73 Å². The molecular weight excluding hydrogens is 262 g/mol. The van der Waals surface area contributed by atoms with Crippen LogP contribution in [0.3, 0.4) is 0 Å². The van der Waals surface area contributed by atoms with Gasteiger partial charge >= 0.3 is 0 Å². The lowest BCUT2D eigenvalue weighted by Crippen LogP contribution is -2.32. The first-order valence-electron chi connectivity index (χ1n) is 6.21. The number of hydrogen-bond acceptors (Lipinski definition) is 5. The van der Waals surface area contributed by atoms with Crippen LogP contribution in [0, 0.1) is 6.92 Å². The van der Waals surface area contributed by atoms with Gasteiger partial charge in [0.1, 0.15) is 17.2 Å². The third kappa shape index (κ3) is 2.63. The van der Waals surface area contributed by atoms with Gasteiger partial charge in [-0.05, 0) is 31.9 Å². The molecule has 0 bridgehead atoms. The highest BCUT2D eigenvalue weighted by Gasteiger charge is 2.34. The van der Waals surface area contributed by atoms with E-state index < -0.39 is 0 Å². The van der Waals surface area contributed by atoms with Gasteiger partial charge in [0.05, 0.1) is 6.54 Å². The van der Waals surface area contributed by atoms with Gasteiger partial charge in [0, 0.05) is 11.4 Å². The van der Waals surface area contributed by atoms with Crippen LogP contribution in [0.5, 0.6) is 0 Å². The van der Waals surface area contributed by atoms with Crippen LogP contribution in [0.25, 0.3) is 0 Å². The second-order valence-electron chi connectivity index (χ2n) is 4.75. The summed E-state index contributed by atoms with van der Waals surface area (Å²) in [6.07, 6.45) is 2.09.